The van der Waals surface area contributed by atoms with E-state index in [4.69, 9.17) is 0 Å². The molecule has 1 heterocycles. The lowest BCUT2D eigenvalue weighted by atomic mass is 9.87. The van der Waals surface area contributed by atoms with E-state index in [2.05, 4.69) is 14.7 Å². The van der Waals surface area contributed by atoms with Gasteiger partial charge in [0.1, 0.15) is 0 Å². The molecule has 1 aliphatic carbocycles. The number of rotatable bonds is 5. The number of benzene rings is 1. The highest BCUT2D eigenvalue weighted by Gasteiger charge is 2.25. The van der Waals surface area contributed by atoms with Crippen molar-refractivity contribution in [3.8, 4) is 0 Å². The lowest BCUT2D eigenvalue weighted by Crippen LogP contribution is -2.35. The summed E-state index contributed by atoms with van der Waals surface area (Å²) in [6.45, 7) is 0. The van der Waals surface area contributed by atoms with Crippen LogP contribution >= 0.6 is 0 Å². The van der Waals surface area contributed by atoms with Crippen molar-refractivity contribution in [2.45, 2.75) is 19.3 Å². The maximum absolute atomic E-state index is 11.8. The molecule has 0 aliphatic heterocycles. The fraction of sp³-hybridized carbons (Fsp3) is 0.312. The van der Waals surface area contributed by atoms with Crippen LogP contribution in [0.25, 0.3) is 17.1 Å². The zero-order chi connectivity index (χ0) is 16.3. The third kappa shape index (κ3) is 4.13. The Kier molecular flexibility index (Phi) is 4.38. The molecule has 1 amide bonds. The smallest absolute Gasteiger partial charge is 0.257 e. The molecular formula is C16H17N3O3S. The average Bonchev–Trinajstić information content (AvgIpc) is 2.48. The second-order valence-corrected chi connectivity index (χ2v) is 7.43. The summed E-state index contributed by atoms with van der Waals surface area (Å²) in [6, 6.07) is 7.38. The van der Waals surface area contributed by atoms with Gasteiger partial charge < -0.3 is 0 Å². The van der Waals surface area contributed by atoms with Gasteiger partial charge in [-0.3, -0.25) is 9.78 Å². The maximum Gasteiger partial charge on any atom is 0.257 e. The minimum absolute atomic E-state index is 0.0162. The fourth-order valence-corrected chi connectivity index (χ4v) is 3.82. The summed E-state index contributed by atoms with van der Waals surface area (Å²) in [5.41, 5.74) is 1.97. The van der Waals surface area contributed by atoms with Gasteiger partial charge in [-0.25, -0.2) is 18.1 Å². The maximum atomic E-state index is 11.8. The molecule has 0 bridgehead atoms. The van der Waals surface area contributed by atoms with Crippen LogP contribution in [0, 0.1) is 5.92 Å². The van der Waals surface area contributed by atoms with E-state index in [9.17, 15) is 13.2 Å². The zero-order valence-electron chi connectivity index (χ0n) is 12.5. The predicted octanol–water partition coefficient (Wildman–Crippen LogP) is 1.89. The van der Waals surface area contributed by atoms with E-state index < -0.39 is 15.9 Å². The van der Waals surface area contributed by atoms with Gasteiger partial charge in [0, 0.05) is 6.08 Å². The molecule has 120 valence electrons. The molecule has 0 radical (unpaired) electrons. The van der Waals surface area contributed by atoms with Crippen LogP contribution in [0.2, 0.25) is 0 Å². The fourth-order valence-electron chi connectivity index (χ4n) is 2.41. The molecular weight excluding hydrogens is 314 g/mol. The van der Waals surface area contributed by atoms with Crippen LogP contribution in [0.5, 0.6) is 0 Å². The van der Waals surface area contributed by atoms with Crippen molar-refractivity contribution in [2.24, 2.45) is 5.92 Å². The van der Waals surface area contributed by atoms with Crippen molar-refractivity contribution >= 4 is 33.0 Å². The molecule has 2 aromatic rings. The molecule has 7 heteroatoms. The Balaban J connectivity index is 1.64. The standard InChI is InChI=1S/C16H17N3O3S/c20-16(19-23(21,22)11-12-4-3-5-12)9-8-13-10-17-14-6-1-2-7-15(14)18-13/h1-2,6-10,12H,3-5,11H2,(H,19,20)/b9-8+. The van der Waals surface area contributed by atoms with Crippen molar-refractivity contribution in [3.63, 3.8) is 0 Å². The molecule has 1 saturated carbocycles. The van der Waals surface area contributed by atoms with Gasteiger partial charge in [0.25, 0.3) is 5.91 Å². The van der Waals surface area contributed by atoms with Gasteiger partial charge in [-0.1, -0.05) is 18.6 Å². The zero-order valence-corrected chi connectivity index (χ0v) is 13.3. The molecule has 1 aromatic heterocycles. The third-order valence-electron chi connectivity index (χ3n) is 3.81. The predicted molar refractivity (Wildman–Crippen MR) is 87.8 cm³/mol. The van der Waals surface area contributed by atoms with Crippen LogP contribution in [0.15, 0.2) is 36.5 Å². The number of carbonyl (C=O) groups excluding carboxylic acids is 1. The number of carbonyl (C=O) groups is 1. The Morgan fingerprint density at radius 3 is 2.70 bits per heavy atom. The van der Waals surface area contributed by atoms with Crippen molar-refractivity contribution in [3.05, 3.63) is 42.2 Å². The lowest BCUT2D eigenvalue weighted by molar-refractivity contribution is -0.114. The summed E-state index contributed by atoms with van der Waals surface area (Å²) in [5.74, 6) is -0.475. The van der Waals surface area contributed by atoms with Crippen LogP contribution in [0.1, 0.15) is 25.0 Å². The highest BCUT2D eigenvalue weighted by Crippen LogP contribution is 2.27. The van der Waals surface area contributed by atoms with E-state index in [0.29, 0.717) is 11.2 Å². The second kappa shape index (κ2) is 6.45. The largest absolute Gasteiger partial charge is 0.269 e. The van der Waals surface area contributed by atoms with Gasteiger partial charge in [0.15, 0.2) is 0 Å². The second-order valence-electron chi connectivity index (χ2n) is 5.66. The number of hydrogen-bond donors (Lipinski definition) is 1. The molecule has 0 spiro atoms. The Morgan fingerprint density at radius 1 is 1.26 bits per heavy atom. The Labute approximate surface area is 134 Å². The Bertz CT molecular complexity index is 858. The van der Waals surface area contributed by atoms with Crippen molar-refractivity contribution < 1.29 is 13.2 Å². The van der Waals surface area contributed by atoms with Crippen molar-refractivity contribution in [1.82, 2.24) is 14.7 Å². The number of sulfonamides is 1. The quantitative estimate of drug-likeness (QED) is 0.845. The molecule has 6 nitrogen and oxygen atoms in total. The first-order valence-corrected chi connectivity index (χ1v) is 9.11. The molecule has 1 aromatic carbocycles. The number of amides is 1. The summed E-state index contributed by atoms with van der Waals surface area (Å²) in [7, 11) is -3.57. The van der Waals surface area contributed by atoms with E-state index in [-0.39, 0.29) is 11.7 Å². The highest BCUT2D eigenvalue weighted by atomic mass is 32.2. The molecule has 23 heavy (non-hydrogen) atoms. The molecule has 0 saturated heterocycles. The summed E-state index contributed by atoms with van der Waals surface area (Å²) >= 11 is 0. The molecule has 3 rings (SSSR count). The minimum Gasteiger partial charge on any atom is -0.269 e. The highest BCUT2D eigenvalue weighted by molar-refractivity contribution is 7.90. The first kappa shape index (κ1) is 15.6. The molecule has 1 aliphatic rings. The first-order valence-electron chi connectivity index (χ1n) is 7.46. The van der Waals surface area contributed by atoms with Gasteiger partial charge in [-0.2, -0.15) is 0 Å². The third-order valence-corrected chi connectivity index (χ3v) is 5.23. The van der Waals surface area contributed by atoms with Gasteiger partial charge in [0.05, 0.1) is 28.7 Å². The van der Waals surface area contributed by atoms with Crippen LogP contribution in [-0.2, 0) is 14.8 Å². The Hall–Kier alpha value is -2.28. The summed E-state index contributed by atoms with van der Waals surface area (Å²) in [6.07, 6.45) is 7.05. The van der Waals surface area contributed by atoms with Crippen LogP contribution in [0.4, 0.5) is 0 Å². The number of aromatic nitrogens is 2. The summed E-state index contributed by atoms with van der Waals surface area (Å²) < 4.78 is 25.7. The van der Waals surface area contributed by atoms with Crippen LogP contribution in [0.3, 0.4) is 0 Å². The SMILES string of the molecule is O=C(/C=C/c1cnc2ccccc2n1)NS(=O)(=O)CC1CCC1. The van der Waals surface area contributed by atoms with E-state index >= 15 is 0 Å². The number of hydrogen-bond acceptors (Lipinski definition) is 5. The number of nitrogens with one attached hydrogen (secondary N) is 1. The minimum atomic E-state index is -3.57. The monoisotopic (exact) mass is 331 g/mol. The normalized spacial score (nSPS) is 15.7. The van der Waals surface area contributed by atoms with Crippen LogP contribution in [-0.4, -0.2) is 30.0 Å². The van der Waals surface area contributed by atoms with Gasteiger partial charge in [-0.15, -0.1) is 0 Å². The van der Waals surface area contributed by atoms with E-state index in [1.165, 1.54) is 12.3 Å². The Morgan fingerprint density at radius 2 is 2.00 bits per heavy atom. The van der Waals surface area contributed by atoms with Gasteiger partial charge in [0.2, 0.25) is 10.0 Å². The van der Waals surface area contributed by atoms with Crippen molar-refractivity contribution in [1.29, 1.82) is 0 Å². The van der Waals surface area contributed by atoms with E-state index in [1.807, 2.05) is 24.3 Å². The van der Waals surface area contributed by atoms with Crippen molar-refractivity contribution in [2.75, 3.05) is 5.75 Å². The molecule has 1 fully saturated rings. The topological polar surface area (TPSA) is 89.0 Å². The van der Waals surface area contributed by atoms with E-state index in [1.54, 1.807) is 0 Å². The summed E-state index contributed by atoms with van der Waals surface area (Å²) in [4.78, 5) is 20.3. The average molecular weight is 331 g/mol. The molecule has 1 N–H and O–H groups in total. The lowest BCUT2D eigenvalue weighted by Gasteiger charge is -2.24. The number of fused-ring (bicyclic) bond motifs is 1. The number of para-hydroxylation sites is 2. The van der Waals surface area contributed by atoms with Gasteiger partial charge >= 0.3 is 0 Å². The van der Waals surface area contributed by atoms with Crippen LogP contribution < -0.4 is 4.72 Å². The molecule has 0 atom stereocenters. The van der Waals surface area contributed by atoms with Gasteiger partial charge in [-0.05, 0) is 37.0 Å². The summed E-state index contributed by atoms with van der Waals surface area (Å²) in [5, 5.41) is 0. The first-order chi connectivity index (χ1) is 11.0. The van der Waals surface area contributed by atoms with E-state index in [0.717, 1.165) is 30.9 Å². The number of nitrogens with zero attached hydrogens (tertiary/aromatic N) is 2. The molecule has 0 unspecified atom stereocenters.